The lowest BCUT2D eigenvalue weighted by Gasteiger charge is -2.20. The predicted molar refractivity (Wildman–Crippen MR) is 96.2 cm³/mol. The summed E-state index contributed by atoms with van der Waals surface area (Å²) in [4.78, 5) is 31.0. The van der Waals surface area contributed by atoms with Crippen LogP contribution in [0, 0.1) is 10.1 Å². The van der Waals surface area contributed by atoms with Gasteiger partial charge in [0.05, 0.1) is 18.6 Å². The summed E-state index contributed by atoms with van der Waals surface area (Å²) in [6, 6.07) is 3.48. The Bertz CT molecular complexity index is 747. The Hall–Kier alpha value is -2.72. The molecular formula is C15H19ClN6O4. The first-order valence-electron chi connectivity index (χ1n) is 7.64. The smallest absolute Gasteiger partial charge is 0.338 e. The van der Waals surface area contributed by atoms with E-state index in [1.807, 2.05) is 6.07 Å². The molecule has 0 amide bonds. The minimum Gasteiger partial charge on any atom is -0.399 e. The van der Waals surface area contributed by atoms with Crippen LogP contribution < -0.4 is 5.48 Å². The van der Waals surface area contributed by atoms with E-state index in [-0.39, 0.29) is 22.9 Å². The molecule has 0 fully saturated rings. The summed E-state index contributed by atoms with van der Waals surface area (Å²) in [5.41, 5.74) is 3.44. The van der Waals surface area contributed by atoms with Gasteiger partial charge in [-0.05, 0) is 18.6 Å². The third kappa shape index (κ3) is 4.67. The summed E-state index contributed by atoms with van der Waals surface area (Å²) in [6.07, 6.45) is 1.62. The topological polar surface area (TPSA) is 114 Å². The molecular weight excluding hydrogens is 364 g/mol. The van der Waals surface area contributed by atoms with Gasteiger partial charge in [0.1, 0.15) is 18.0 Å². The molecule has 2 heterocycles. The Kier molecular flexibility index (Phi) is 6.87. The van der Waals surface area contributed by atoms with E-state index in [1.165, 1.54) is 14.2 Å². The van der Waals surface area contributed by atoms with Crippen molar-refractivity contribution in [2.45, 2.75) is 13.5 Å². The third-order valence-corrected chi connectivity index (χ3v) is 3.74. The molecule has 0 bridgehead atoms. The van der Waals surface area contributed by atoms with Crippen LogP contribution in [-0.2, 0) is 16.2 Å². The fourth-order valence-corrected chi connectivity index (χ4v) is 2.56. The van der Waals surface area contributed by atoms with Gasteiger partial charge < -0.3 is 9.74 Å². The van der Waals surface area contributed by atoms with Crippen molar-refractivity contribution in [3.05, 3.63) is 50.6 Å². The second kappa shape index (κ2) is 9.11. The number of pyridine rings is 1. The fraction of sp³-hybridized carbons (Fsp3) is 0.400. The van der Waals surface area contributed by atoms with Gasteiger partial charge in [-0.3, -0.25) is 25.4 Å². The highest BCUT2D eigenvalue weighted by Crippen LogP contribution is 2.18. The Morgan fingerprint density at radius 1 is 1.50 bits per heavy atom. The van der Waals surface area contributed by atoms with Gasteiger partial charge in [0.15, 0.2) is 5.70 Å². The van der Waals surface area contributed by atoms with E-state index in [4.69, 9.17) is 21.3 Å². The maximum atomic E-state index is 11.8. The average molecular weight is 383 g/mol. The maximum Gasteiger partial charge on any atom is 0.338 e. The molecule has 1 N–H and O–H groups in total. The van der Waals surface area contributed by atoms with Gasteiger partial charge in [-0.25, -0.2) is 4.98 Å². The Labute approximate surface area is 155 Å². The number of hydroxylamine groups is 1. The van der Waals surface area contributed by atoms with Crippen LogP contribution in [-0.4, -0.2) is 53.7 Å². The standard InChI is InChI=1S/C15H19ClN6O4/c1-10(19-25-2)13(20-26-3)14(22(23)24)15-17-6-7-21(15)9-11-4-5-12(16)18-8-11/h4-5,8,20H,6-7,9H2,1-3H3/b14-13+,19-10+. The molecule has 26 heavy (non-hydrogen) atoms. The molecule has 1 aromatic heterocycles. The van der Waals surface area contributed by atoms with Crippen LogP contribution in [0.1, 0.15) is 12.5 Å². The first-order valence-corrected chi connectivity index (χ1v) is 8.01. The van der Waals surface area contributed by atoms with Crippen LogP contribution >= 0.6 is 11.6 Å². The molecule has 0 atom stereocenters. The summed E-state index contributed by atoms with van der Waals surface area (Å²) < 4.78 is 0. The number of allylic oxidation sites excluding steroid dienone is 1. The fourth-order valence-electron chi connectivity index (χ4n) is 2.44. The van der Waals surface area contributed by atoms with Crippen molar-refractivity contribution >= 4 is 23.1 Å². The average Bonchev–Trinajstić information content (AvgIpc) is 3.04. The molecule has 0 spiro atoms. The van der Waals surface area contributed by atoms with Crippen molar-refractivity contribution in [1.82, 2.24) is 15.4 Å². The van der Waals surface area contributed by atoms with E-state index in [0.29, 0.717) is 24.8 Å². The summed E-state index contributed by atoms with van der Waals surface area (Å²) in [6.45, 7) is 2.95. The summed E-state index contributed by atoms with van der Waals surface area (Å²) in [5, 5.41) is 15.9. The lowest BCUT2D eigenvalue weighted by Crippen LogP contribution is -2.35. The van der Waals surface area contributed by atoms with Crippen LogP contribution in [0.5, 0.6) is 0 Å². The van der Waals surface area contributed by atoms with Gasteiger partial charge in [-0.15, -0.1) is 0 Å². The van der Waals surface area contributed by atoms with Gasteiger partial charge in [0, 0.05) is 19.3 Å². The van der Waals surface area contributed by atoms with Crippen LogP contribution in [0.4, 0.5) is 0 Å². The molecule has 1 aliphatic rings. The molecule has 1 aromatic rings. The zero-order valence-electron chi connectivity index (χ0n) is 14.6. The van der Waals surface area contributed by atoms with E-state index in [9.17, 15) is 10.1 Å². The number of halogens is 1. The quantitative estimate of drug-likeness (QED) is 0.314. The number of rotatable bonds is 8. The molecule has 0 saturated heterocycles. The van der Waals surface area contributed by atoms with Gasteiger partial charge >= 0.3 is 5.70 Å². The number of amidine groups is 1. The third-order valence-electron chi connectivity index (χ3n) is 3.52. The zero-order chi connectivity index (χ0) is 19.1. The molecule has 0 aromatic carbocycles. The lowest BCUT2D eigenvalue weighted by atomic mass is 10.2. The summed E-state index contributed by atoms with van der Waals surface area (Å²) >= 11 is 5.80. The van der Waals surface area contributed by atoms with Gasteiger partial charge in [0.25, 0.3) is 0 Å². The summed E-state index contributed by atoms with van der Waals surface area (Å²) in [5.74, 6) is 0.232. The first kappa shape index (κ1) is 19.6. The molecule has 0 radical (unpaired) electrons. The molecule has 0 unspecified atom stereocenters. The largest absolute Gasteiger partial charge is 0.399 e. The first-order chi connectivity index (χ1) is 12.5. The molecule has 10 nitrogen and oxygen atoms in total. The second-order valence-corrected chi connectivity index (χ2v) is 5.65. The van der Waals surface area contributed by atoms with Crippen molar-refractivity contribution in [2.24, 2.45) is 10.1 Å². The molecule has 140 valence electrons. The minimum atomic E-state index is -0.521. The van der Waals surface area contributed by atoms with Crippen molar-refractivity contribution < 1.29 is 14.6 Å². The highest BCUT2D eigenvalue weighted by Gasteiger charge is 2.34. The SMILES string of the molecule is CO/N=C(C)/C(NOC)=C(/C1=NCCN1Cc1ccc(Cl)nc1)[N+](=O)[O-]. The van der Waals surface area contributed by atoms with E-state index in [2.05, 4.69) is 20.6 Å². The highest BCUT2D eigenvalue weighted by atomic mass is 35.5. The molecule has 0 aliphatic carbocycles. The monoisotopic (exact) mass is 382 g/mol. The Morgan fingerprint density at radius 2 is 2.27 bits per heavy atom. The number of oxime groups is 1. The van der Waals surface area contributed by atoms with Crippen molar-refractivity contribution in [3.63, 3.8) is 0 Å². The number of nitrogens with one attached hydrogen (secondary N) is 1. The summed E-state index contributed by atoms with van der Waals surface area (Å²) in [7, 11) is 2.71. The minimum absolute atomic E-state index is 0.0687. The van der Waals surface area contributed by atoms with Gasteiger partial charge in [-0.2, -0.15) is 0 Å². The van der Waals surface area contributed by atoms with Crippen LogP contribution in [0.15, 0.2) is 39.9 Å². The second-order valence-electron chi connectivity index (χ2n) is 5.26. The van der Waals surface area contributed by atoms with Gasteiger partial charge in [-0.1, -0.05) is 22.8 Å². The van der Waals surface area contributed by atoms with Crippen molar-refractivity contribution in [3.8, 4) is 0 Å². The number of aromatic nitrogens is 1. The molecule has 11 heteroatoms. The lowest BCUT2D eigenvalue weighted by molar-refractivity contribution is -0.417. The highest BCUT2D eigenvalue weighted by molar-refractivity contribution is 6.29. The van der Waals surface area contributed by atoms with E-state index in [0.717, 1.165) is 5.56 Å². The van der Waals surface area contributed by atoms with E-state index < -0.39 is 4.92 Å². The van der Waals surface area contributed by atoms with Crippen LogP contribution in [0.25, 0.3) is 0 Å². The Balaban J connectivity index is 2.40. The number of nitrogens with zero attached hydrogens (tertiary/aromatic N) is 5. The van der Waals surface area contributed by atoms with E-state index >= 15 is 0 Å². The normalized spacial score (nSPS) is 15.5. The van der Waals surface area contributed by atoms with Gasteiger partial charge in [0.2, 0.25) is 5.84 Å². The van der Waals surface area contributed by atoms with Crippen LogP contribution in [0.3, 0.4) is 0 Å². The zero-order valence-corrected chi connectivity index (χ0v) is 15.4. The predicted octanol–water partition coefficient (Wildman–Crippen LogP) is 1.61. The van der Waals surface area contributed by atoms with E-state index in [1.54, 1.807) is 24.1 Å². The maximum absolute atomic E-state index is 11.8. The number of aliphatic imine (C=N–C) groups is 1. The molecule has 2 rings (SSSR count). The molecule has 0 saturated carbocycles. The number of hydrogen-bond donors (Lipinski definition) is 1. The van der Waals surface area contributed by atoms with Crippen LogP contribution in [0.2, 0.25) is 5.15 Å². The molecule has 1 aliphatic heterocycles. The Morgan fingerprint density at radius 3 is 2.85 bits per heavy atom. The number of hydrogen-bond acceptors (Lipinski definition) is 9. The van der Waals surface area contributed by atoms with Crippen molar-refractivity contribution in [1.29, 1.82) is 0 Å². The van der Waals surface area contributed by atoms with Crippen molar-refractivity contribution in [2.75, 3.05) is 27.3 Å². The number of nitro groups is 1.